The van der Waals surface area contributed by atoms with Gasteiger partial charge >= 0.3 is 0 Å². The first kappa shape index (κ1) is 18.3. The summed E-state index contributed by atoms with van der Waals surface area (Å²) in [4.78, 5) is 12.5. The first-order valence-electron chi connectivity index (χ1n) is 9.24. The van der Waals surface area contributed by atoms with Crippen molar-refractivity contribution in [2.24, 2.45) is 5.92 Å². The van der Waals surface area contributed by atoms with E-state index in [0.29, 0.717) is 30.3 Å². The van der Waals surface area contributed by atoms with Crippen LogP contribution >= 0.6 is 0 Å². The maximum atomic E-state index is 12.5. The second kappa shape index (κ2) is 8.75. The van der Waals surface area contributed by atoms with E-state index in [4.69, 9.17) is 9.47 Å². The molecule has 2 aromatic carbocycles. The largest absolute Gasteiger partial charge is 0.493 e. The van der Waals surface area contributed by atoms with Crippen LogP contribution in [-0.2, 0) is 17.6 Å². The summed E-state index contributed by atoms with van der Waals surface area (Å²) < 4.78 is 10.8. The standard InChI is InChI=1S/C22H27NO3/c1-25-20-10-6-9-18(22(20)26-2)13-14-21(24)23-19(17-11-12-17)15-16-7-4-3-5-8-16/h3-10,17,19H,11-15H2,1-2H3,(H,23,24). The number of rotatable bonds is 9. The molecule has 4 nitrogen and oxygen atoms in total. The second-order valence-corrected chi connectivity index (χ2v) is 6.85. The van der Waals surface area contributed by atoms with E-state index in [1.54, 1.807) is 14.2 Å². The molecule has 0 spiro atoms. The van der Waals surface area contributed by atoms with E-state index >= 15 is 0 Å². The first-order valence-corrected chi connectivity index (χ1v) is 9.24. The van der Waals surface area contributed by atoms with E-state index in [-0.39, 0.29) is 11.9 Å². The average Bonchev–Trinajstić information content (AvgIpc) is 3.51. The summed E-state index contributed by atoms with van der Waals surface area (Å²) >= 11 is 0. The molecular formula is C22H27NO3. The fraction of sp³-hybridized carbons (Fsp3) is 0.409. The fourth-order valence-corrected chi connectivity index (χ4v) is 3.38. The van der Waals surface area contributed by atoms with E-state index in [2.05, 4.69) is 29.6 Å². The number of methoxy groups -OCH3 is 2. The number of carbonyl (C=O) groups is 1. The van der Waals surface area contributed by atoms with Crippen LogP contribution in [0.2, 0.25) is 0 Å². The van der Waals surface area contributed by atoms with Crippen LogP contribution < -0.4 is 14.8 Å². The van der Waals surface area contributed by atoms with Gasteiger partial charge in [-0.2, -0.15) is 0 Å². The summed E-state index contributed by atoms with van der Waals surface area (Å²) in [7, 11) is 3.25. The van der Waals surface area contributed by atoms with Crippen LogP contribution in [0.5, 0.6) is 11.5 Å². The second-order valence-electron chi connectivity index (χ2n) is 6.85. The van der Waals surface area contributed by atoms with Crippen molar-refractivity contribution in [3.63, 3.8) is 0 Å². The van der Waals surface area contributed by atoms with Crippen molar-refractivity contribution in [3.05, 3.63) is 59.7 Å². The minimum absolute atomic E-state index is 0.0997. The molecule has 0 bridgehead atoms. The Labute approximate surface area is 155 Å². The monoisotopic (exact) mass is 353 g/mol. The SMILES string of the molecule is COc1cccc(CCC(=O)NC(Cc2ccccc2)C2CC2)c1OC. The summed E-state index contributed by atoms with van der Waals surface area (Å²) in [5.74, 6) is 2.13. The van der Waals surface area contributed by atoms with Crippen molar-refractivity contribution in [3.8, 4) is 11.5 Å². The van der Waals surface area contributed by atoms with Crippen LogP contribution in [0.25, 0.3) is 0 Å². The van der Waals surface area contributed by atoms with Crippen LogP contribution in [0.4, 0.5) is 0 Å². The first-order chi connectivity index (χ1) is 12.7. The smallest absolute Gasteiger partial charge is 0.220 e. The Hall–Kier alpha value is -2.49. The Balaban J connectivity index is 1.58. The molecule has 0 saturated heterocycles. The van der Waals surface area contributed by atoms with Crippen molar-refractivity contribution in [1.29, 1.82) is 0 Å². The fourth-order valence-electron chi connectivity index (χ4n) is 3.38. The Bertz CT molecular complexity index is 725. The maximum Gasteiger partial charge on any atom is 0.220 e. The molecule has 26 heavy (non-hydrogen) atoms. The molecule has 1 aliphatic carbocycles. The molecular weight excluding hydrogens is 326 g/mol. The molecule has 1 atom stereocenters. The zero-order valence-electron chi connectivity index (χ0n) is 15.5. The Morgan fingerprint density at radius 1 is 1.08 bits per heavy atom. The summed E-state index contributed by atoms with van der Waals surface area (Å²) in [6.07, 6.45) is 4.40. The molecule has 2 aromatic rings. The van der Waals surface area contributed by atoms with Gasteiger partial charge in [-0.25, -0.2) is 0 Å². The highest BCUT2D eigenvalue weighted by molar-refractivity contribution is 5.76. The van der Waals surface area contributed by atoms with Crippen LogP contribution in [0, 0.1) is 5.92 Å². The van der Waals surface area contributed by atoms with E-state index in [1.807, 2.05) is 24.3 Å². The number of nitrogens with one attached hydrogen (secondary N) is 1. The van der Waals surface area contributed by atoms with Gasteiger partial charge in [-0.1, -0.05) is 42.5 Å². The summed E-state index contributed by atoms with van der Waals surface area (Å²) in [6, 6.07) is 16.4. The van der Waals surface area contributed by atoms with Gasteiger partial charge in [-0.05, 0) is 48.8 Å². The van der Waals surface area contributed by atoms with Crippen molar-refractivity contribution < 1.29 is 14.3 Å². The molecule has 0 aliphatic heterocycles. The summed E-state index contributed by atoms with van der Waals surface area (Å²) in [5, 5.41) is 3.25. The van der Waals surface area contributed by atoms with Crippen molar-refractivity contribution in [1.82, 2.24) is 5.32 Å². The van der Waals surface area contributed by atoms with Gasteiger partial charge in [-0.3, -0.25) is 4.79 Å². The third-order valence-corrected chi connectivity index (χ3v) is 4.94. The van der Waals surface area contributed by atoms with Crippen LogP contribution in [0.3, 0.4) is 0 Å². The van der Waals surface area contributed by atoms with Crippen molar-refractivity contribution in [2.45, 2.75) is 38.1 Å². The lowest BCUT2D eigenvalue weighted by Crippen LogP contribution is -2.38. The zero-order valence-corrected chi connectivity index (χ0v) is 15.5. The number of aryl methyl sites for hydroxylation is 1. The number of ether oxygens (including phenoxy) is 2. The Morgan fingerprint density at radius 3 is 2.50 bits per heavy atom. The number of benzene rings is 2. The van der Waals surface area contributed by atoms with E-state index in [1.165, 1.54) is 18.4 Å². The van der Waals surface area contributed by atoms with Gasteiger partial charge in [0, 0.05) is 12.5 Å². The molecule has 0 aromatic heterocycles. The van der Waals surface area contributed by atoms with Crippen molar-refractivity contribution >= 4 is 5.91 Å². The van der Waals surface area contributed by atoms with Gasteiger partial charge in [0.05, 0.1) is 14.2 Å². The number of hydrogen-bond acceptors (Lipinski definition) is 3. The summed E-state index contributed by atoms with van der Waals surface area (Å²) in [6.45, 7) is 0. The molecule has 1 fully saturated rings. The van der Waals surface area contributed by atoms with Gasteiger partial charge in [-0.15, -0.1) is 0 Å². The van der Waals surface area contributed by atoms with Gasteiger partial charge < -0.3 is 14.8 Å². The normalized spacial score (nSPS) is 14.5. The minimum Gasteiger partial charge on any atom is -0.493 e. The van der Waals surface area contributed by atoms with Gasteiger partial charge in [0.25, 0.3) is 0 Å². The lowest BCUT2D eigenvalue weighted by Gasteiger charge is -2.19. The Morgan fingerprint density at radius 2 is 1.85 bits per heavy atom. The lowest BCUT2D eigenvalue weighted by atomic mass is 10.0. The molecule has 3 rings (SSSR count). The molecule has 1 amide bonds. The molecule has 138 valence electrons. The van der Waals surface area contributed by atoms with Gasteiger partial charge in [0.1, 0.15) is 0 Å². The average molecular weight is 353 g/mol. The van der Waals surface area contributed by atoms with E-state index < -0.39 is 0 Å². The lowest BCUT2D eigenvalue weighted by molar-refractivity contribution is -0.121. The predicted octanol–water partition coefficient (Wildman–Crippen LogP) is 3.77. The highest BCUT2D eigenvalue weighted by Gasteiger charge is 2.32. The van der Waals surface area contributed by atoms with Crippen LogP contribution in [0.1, 0.15) is 30.4 Å². The third kappa shape index (κ3) is 4.78. The third-order valence-electron chi connectivity index (χ3n) is 4.94. The summed E-state index contributed by atoms with van der Waals surface area (Å²) in [5.41, 5.74) is 2.27. The molecule has 0 radical (unpaired) electrons. The van der Waals surface area contributed by atoms with Crippen LogP contribution in [0.15, 0.2) is 48.5 Å². The van der Waals surface area contributed by atoms with E-state index in [9.17, 15) is 4.79 Å². The number of carbonyl (C=O) groups excluding carboxylic acids is 1. The zero-order chi connectivity index (χ0) is 18.4. The predicted molar refractivity (Wildman–Crippen MR) is 103 cm³/mol. The quantitative estimate of drug-likeness (QED) is 0.746. The van der Waals surface area contributed by atoms with Gasteiger partial charge in [0.2, 0.25) is 5.91 Å². The number of amides is 1. The number of hydrogen-bond donors (Lipinski definition) is 1. The van der Waals surface area contributed by atoms with Crippen LogP contribution in [-0.4, -0.2) is 26.2 Å². The maximum absolute atomic E-state index is 12.5. The molecule has 0 heterocycles. The number of para-hydroxylation sites is 1. The molecule has 4 heteroatoms. The molecule has 1 saturated carbocycles. The van der Waals surface area contributed by atoms with E-state index in [0.717, 1.165) is 12.0 Å². The van der Waals surface area contributed by atoms with Crippen molar-refractivity contribution in [2.75, 3.05) is 14.2 Å². The Kier molecular flexibility index (Phi) is 6.16. The van der Waals surface area contributed by atoms with Gasteiger partial charge in [0.15, 0.2) is 11.5 Å². The highest BCUT2D eigenvalue weighted by Crippen LogP contribution is 2.34. The molecule has 1 N–H and O–H groups in total. The minimum atomic E-state index is 0.0997. The topological polar surface area (TPSA) is 47.6 Å². The molecule has 1 aliphatic rings. The highest BCUT2D eigenvalue weighted by atomic mass is 16.5. The molecule has 1 unspecified atom stereocenters.